The Hall–Kier alpha value is -1.13. The van der Waals surface area contributed by atoms with Gasteiger partial charge in [0.1, 0.15) is 0 Å². The van der Waals surface area contributed by atoms with Crippen LogP contribution in [0.15, 0.2) is 24.3 Å². The molecule has 0 heterocycles. The van der Waals surface area contributed by atoms with E-state index in [4.69, 9.17) is 10.8 Å². The molecule has 4 nitrogen and oxygen atoms in total. The molecule has 0 aromatic carbocycles. The summed E-state index contributed by atoms with van der Waals surface area (Å²) in [6.45, 7) is 0.365. The number of aliphatic carboxylic acids is 1. The van der Waals surface area contributed by atoms with Crippen LogP contribution in [0.5, 0.6) is 0 Å². The van der Waals surface area contributed by atoms with Gasteiger partial charge in [-0.3, -0.25) is 4.79 Å². The summed E-state index contributed by atoms with van der Waals surface area (Å²) in [6.07, 6.45) is 21.8. The summed E-state index contributed by atoms with van der Waals surface area (Å²) < 4.78 is 0. The van der Waals surface area contributed by atoms with Crippen LogP contribution in [-0.4, -0.2) is 28.8 Å². The number of carboxylic acids is 1. The van der Waals surface area contributed by atoms with E-state index in [1.54, 1.807) is 0 Å². The normalized spacial score (nSPS) is 13.1. The predicted octanol–water partition coefficient (Wildman–Crippen LogP) is 4.57. The quantitative estimate of drug-likeness (QED) is 0.268. The molecule has 0 aromatic heterocycles. The lowest BCUT2D eigenvalue weighted by atomic mass is 10.1. The van der Waals surface area contributed by atoms with Crippen molar-refractivity contribution in [1.29, 1.82) is 0 Å². The lowest BCUT2D eigenvalue weighted by molar-refractivity contribution is -0.137. The zero-order valence-electron chi connectivity index (χ0n) is 15.2. The molecule has 0 spiro atoms. The molecular weight excluding hydrogens is 302 g/mol. The Bertz CT molecular complexity index is 340. The Morgan fingerprint density at radius 1 is 0.792 bits per heavy atom. The van der Waals surface area contributed by atoms with E-state index in [-0.39, 0.29) is 12.5 Å². The highest BCUT2D eigenvalue weighted by Gasteiger charge is 1.98. The lowest BCUT2D eigenvalue weighted by Gasteiger charge is -2.04. The van der Waals surface area contributed by atoms with Crippen LogP contribution in [-0.2, 0) is 4.79 Å². The van der Waals surface area contributed by atoms with Gasteiger partial charge in [0.25, 0.3) is 0 Å². The first-order valence-corrected chi connectivity index (χ1v) is 9.56. The van der Waals surface area contributed by atoms with E-state index in [1.165, 1.54) is 32.1 Å². The zero-order valence-corrected chi connectivity index (χ0v) is 15.2. The second-order valence-electron chi connectivity index (χ2n) is 6.39. The number of aliphatic hydroxyl groups is 1. The van der Waals surface area contributed by atoms with E-state index in [9.17, 15) is 9.90 Å². The van der Waals surface area contributed by atoms with E-state index in [1.807, 2.05) is 0 Å². The van der Waals surface area contributed by atoms with Crippen molar-refractivity contribution in [2.45, 2.75) is 89.6 Å². The molecule has 0 saturated carbocycles. The molecule has 0 aliphatic rings. The molecule has 0 rings (SSSR count). The van der Waals surface area contributed by atoms with Gasteiger partial charge in [0.15, 0.2) is 0 Å². The number of unbranched alkanes of at least 4 members (excludes halogenated alkanes) is 8. The van der Waals surface area contributed by atoms with Gasteiger partial charge in [-0.25, -0.2) is 0 Å². The molecule has 24 heavy (non-hydrogen) atoms. The van der Waals surface area contributed by atoms with Crippen molar-refractivity contribution in [3.8, 4) is 0 Å². The van der Waals surface area contributed by atoms with Crippen molar-refractivity contribution in [3.63, 3.8) is 0 Å². The predicted molar refractivity (Wildman–Crippen MR) is 101 cm³/mol. The first-order valence-electron chi connectivity index (χ1n) is 9.56. The lowest BCUT2D eigenvalue weighted by Crippen LogP contribution is -2.18. The molecular formula is C20H37NO3. The Morgan fingerprint density at radius 2 is 1.25 bits per heavy atom. The van der Waals surface area contributed by atoms with Crippen molar-refractivity contribution < 1.29 is 15.0 Å². The van der Waals surface area contributed by atoms with Crippen LogP contribution in [0.3, 0.4) is 0 Å². The summed E-state index contributed by atoms with van der Waals surface area (Å²) in [5.74, 6) is -0.705. The average molecular weight is 340 g/mol. The van der Waals surface area contributed by atoms with E-state index < -0.39 is 5.97 Å². The fourth-order valence-corrected chi connectivity index (χ4v) is 2.49. The van der Waals surface area contributed by atoms with Crippen LogP contribution in [0.1, 0.15) is 83.5 Å². The molecule has 0 aliphatic carbocycles. The number of carbonyl (C=O) groups is 1. The van der Waals surface area contributed by atoms with Gasteiger partial charge in [0, 0.05) is 13.0 Å². The molecule has 0 saturated heterocycles. The third kappa shape index (κ3) is 18.9. The summed E-state index contributed by atoms with van der Waals surface area (Å²) in [5.41, 5.74) is 5.36. The number of nitrogens with two attached hydrogens (primary N) is 1. The van der Waals surface area contributed by atoms with Crippen LogP contribution in [0, 0.1) is 0 Å². The van der Waals surface area contributed by atoms with Crippen LogP contribution in [0.2, 0.25) is 0 Å². The van der Waals surface area contributed by atoms with E-state index in [0.717, 1.165) is 44.9 Å². The summed E-state index contributed by atoms with van der Waals surface area (Å²) in [7, 11) is 0. The number of hydrogen-bond donors (Lipinski definition) is 3. The van der Waals surface area contributed by atoms with Crippen molar-refractivity contribution >= 4 is 5.97 Å². The number of allylic oxidation sites excluding steroid dienone is 4. The van der Waals surface area contributed by atoms with Gasteiger partial charge >= 0.3 is 5.97 Å². The fourth-order valence-electron chi connectivity index (χ4n) is 2.49. The highest BCUT2D eigenvalue weighted by Crippen LogP contribution is 2.09. The highest BCUT2D eigenvalue weighted by atomic mass is 16.4. The fraction of sp³-hybridized carbons (Fsp3) is 0.750. The summed E-state index contributed by atoms with van der Waals surface area (Å²) >= 11 is 0. The maximum Gasteiger partial charge on any atom is 0.303 e. The maximum absolute atomic E-state index is 10.3. The second-order valence-corrected chi connectivity index (χ2v) is 6.39. The maximum atomic E-state index is 10.3. The molecule has 140 valence electrons. The monoisotopic (exact) mass is 339 g/mol. The van der Waals surface area contributed by atoms with Gasteiger partial charge in [0.05, 0.1) is 6.10 Å². The molecule has 0 fully saturated rings. The van der Waals surface area contributed by atoms with Gasteiger partial charge in [-0.05, 0) is 57.8 Å². The van der Waals surface area contributed by atoms with Crippen LogP contribution in [0.25, 0.3) is 0 Å². The van der Waals surface area contributed by atoms with Gasteiger partial charge < -0.3 is 15.9 Å². The number of carboxylic acid groups (broad SMARTS) is 1. The summed E-state index contributed by atoms with van der Waals surface area (Å²) in [4.78, 5) is 10.3. The van der Waals surface area contributed by atoms with E-state index >= 15 is 0 Å². The topological polar surface area (TPSA) is 83.5 Å². The van der Waals surface area contributed by atoms with E-state index in [2.05, 4.69) is 24.3 Å². The van der Waals surface area contributed by atoms with Gasteiger partial charge in [-0.1, -0.05) is 43.6 Å². The SMILES string of the molecule is NC[C@@H](O)CCC/C=C\CCCCCCC/C=C\CCCC(=O)O. The smallest absolute Gasteiger partial charge is 0.303 e. The standard InChI is InChI=1S/C20H37NO3/c21-18-19(22)16-14-12-10-8-6-4-2-1-3-5-7-9-11-13-15-17-20(23)24/h8-11,19,22H,1-7,12-18,21H2,(H,23,24)/b10-8-,11-9-/t19-/m0/s1. The minimum absolute atomic E-state index is 0.272. The Labute approximate surface area is 147 Å². The third-order valence-corrected chi connectivity index (χ3v) is 4.02. The molecule has 0 radical (unpaired) electrons. The summed E-state index contributed by atoms with van der Waals surface area (Å²) in [6, 6.07) is 0. The van der Waals surface area contributed by atoms with Gasteiger partial charge in [-0.15, -0.1) is 0 Å². The molecule has 4 heteroatoms. The van der Waals surface area contributed by atoms with Crippen LogP contribution < -0.4 is 5.73 Å². The summed E-state index contributed by atoms with van der Waals surface area (Å²) in [5, 5.41) is 17.8. The first-order chi connectivity index (χ1) is 11.7. The largest absolute Gasteiger partial charge is 0.481 e. The molecule has 0 unspecified atom stereocenters. The molecule has 1 atom stereocenters. The minimum atomic E-state index is -0.705. The number of rotatable bonds is 17. The number of hydrogen-bond acceptors (Lipinski definition) is 3. The third-order valence-electron chi connectivity index (χ3n) is 4.02. The zero-order chi connectivity index (χ0) is 17.9. The Balaban J connectivity index is 3.19. The Kier molecular flexibility index (Phi) is 17.4. The van der Waals surface area contributed by atoms with Gasteiger partial charge in [0.2, 0.25) is 0 Å². The molecule has 0 amide bonds. The average Bonchev–Trinajstić information content (AvgIpc) is 2.57. The first kappa shape index (κ1) is 22.9. The minimum Gasteiger partial charge on any atom is -0.481 e. The molecule has 0 bridgehead atoms. The van der Waals surface area contributed by atoms with Crippen molar-refractivity contribution in [2.75, 3.05) is 6.54 Å². The molecule has 4 N–H and O–H groups in total. The molecule has 0 aromatic rings. The van der Waals surface area contributed by atoms with Crippen LogP contribution in [0.4, 0.5) is 0 Å². The van der Waals surface area contributed by atoms with E-state index in [0.29, 0.717) is 6.54 Å². The number of aliphatic hydroxyl groups excluding tert-OH is 1. The van der Waals surface area contributed by atoms with Gasteiger partial charge in [-0.2, -0.15) is 0 Å². The molecule has 0 aliphatic heterocycles. The Morgan fingerprint density at radius 3 is 1.75 bits per heavy atom. The highest BCUT2D eigenvalue weighted by molar-refractivity contribution is 5.66. The second kappa shape index (κ2) is 18.2. The van der Waals surface area contributed by atoms with Crippen molar-refractivity contribution in [1.82, 2.24) is 0 Å². The van der Waals surface area contributed by atoms with Crippen LogP contribution >= 0.6 is 0 Å². The van der Waals surface area contributed by atoms with Crippen molar-refractivity contribution in [2.24, 2.45) is 5.73 Å². The van der Waals surface area contributed by atoms with Crippen molar-refractivity contribution in [3.05, 3.63) is 24.3 Å².